The molecule has 0 amide bonds. The number of nitrogens with zero attached hydrogens (tertiary/aromatic N) is 1. The highest BCUT2D eigenvalue weighted by Crippen LogP contribution is 2.25. The van der Waals surface area contributed by atoms with Gasteiger partial charge in [0.05, 0.1) is 12.8 Å². The van der Waals surface area contributed by atoms with Crippen LogP contribution in [0.1, 0.15) is 15.4 Å². The molecule has 6 heteroatoms. The Bertz CT molecular complexity index is 453. The number of carbonyl (C=O) groups excluding carboxylic acids is 1. The molecule has 1 N–H and O–H groups in total. The summed E-state index contributed by atoms with van der Waals surface area (Å²) in [5.41, 5.74) is 0. The molecule has 0 atom stereocenters. The predicted octanol–water partition coefficient (Wildman–Crippen LogP) is 2.81. The number of halogens is 1. The van der Waals surface area contributed by atoms with E-state index in [1.807, 2.05) is 12.1 Å². The van der Waals surface area contributed by atoms with Gasteiger partial charge >= 0.3 is 0 Å². The molecule has 2 rings (SSSR count). The molecule has 0 unspecified atom stereocenters. The van der Waals surface area contributed by atoms with Gasteiger partial charge in [-0.2, -0.15) is 0 Å². The fourth-order valence-corrected chi connectivity index (χ4v) is 2.00. The Hall–Kier alpha value is -1.33. The highest BCUT2D eigenvalue weighted by atomic mass is 35.5. The topological polar surface area (TPSA) is 55.1 Å². The van der Waals surface area contributed by atoms with Gasteiger partial charge in [0.15, 0.2) is 16.6 Å². The minimum absolute atomic E-state index is 0.233. The van der Waals surface area contributed by atoms with Gasteiger partial charge in [0.25, 0.3) is 0 Å². The third-order valence-corrected chi connectivity index (χ3v) is 3.05. The van der Waals surface area contributed by atoms with E-state index in [-0.39, 0.29) is 5.15 Å². The molecule has 0 fully saturated rings. The summed E-state index contributed by atoms with van der Waals surface area (Å²) in [6.45, 7) is 0.523. The SMILES string of the molecule is O=Cc1sc(NCc2ccco2)nc1Cl. The van der Waals surface area contributed by atoms with E-state index in [4.69, 9.17) is 16.0 Å². The molecular weight excluding hydrogens is 236 g/mol. The zero-order valence-corrected chi connectivity index (χ0v) is 9.14. The molecule has 15 heavy (non-hydrogen) atoms. The molecule has 0 bridgehead atoms. The lowest BCUT2D eigenvalue weighted by molar-refractivity contribution is 0.112. The summed E-state index contributed by atoms with van der Waals surface area (Å²) in [5.74, 6) is 0.800. The standard InChI is InChI=1S/C9H7ClN2O2S/c10-8-7(5-13)15-9(12-8)11-4-6-2-1-3-14-6/h1-3,5H,4H2,(H,11,12). The molecule has 0 aliphatic carbocycles. The molecule has 2 heterocycles. The van der Waals surface area contributed by atoms with Crippen LogP contribution in [0.3, 0.4) is 0 Å². The second-order valence-corrected chi connectivity index (χ2v) is 4.11. The van der Waals surface area contributed by atoms with E-state index in [1.165, 1.54) is 11.3 Å². The Labute approximate surface area is 94.9 Å². The maximum Gasteiger partial charge on any atom is 0.185 e. The minimum atomic E-state index is 0.233. The highest BCUT2D eigenvalue weighted by Gasteiger charge is 2.07. The molecular formula is C9H7ClN2O2S. The van der Waals surface area contributed by atoms with E-state index in [0.29, 0.717) is 22.8 Å². The van der Waals surface area contributed by atoms with Crippen LogP contribution in [-0.4, -0.2) is 11.3 Å². The summed E-state index contributed by atoms with van der Waals surface area (Å²) in [5, 5.41) is 3.86. The first-order valence-corrected chi connectivity index (χ1v) is 5.37. The van der Waals surface area contributed by atoms with E-state index in [9.17, 15) is 4.79 Å². The largest absolute Gasteiger partial charge is 0.467 e. The Morgan fingerprint density at radius 1 is 1.67 bits per heavy atom. The van der Waals surface area contributed by atoms with Crippen LogP contribution in [0.2, 0.25) is 5.15 Å². The fourth-order valence-electron chi connectivity index (χ4n) is 1.04. The van der Waals surface area contributed by atoms with Crippen molar-refractivity contribution >= 4 is 34.4 Å². The lowest BCUT2D eigenvalue weighted by Crippen LogP contribution is -1.96. The second-order valence-electron chi connectivity index (χ2n) is 2.72. The third-order valence-electron chi connectivity index (χ3n) is 1.71. The van der Waals surface area contributed by atoms with Crippen molar-refractivity contribution < 1.29 is 9.21 Å². The number of hydrogen-bond acceptors (Lipinski definition) is 5. The summed E-state index contributed by atoms with van der Waals surface area (Å²) >= 11 is 6.93. The Morgan fingerprint density at radius 3 is 3.13 bits per heavy atom. The van der Waals surface area contributed by atoms with E-state index >= 15 is 0 Å². The second kappa shape index (κ2) is 4.46. The number of hydrogen-bond donors (Lipinski definition) is 1. The molecule has 0 saturated carbocycles. The van der Waals surface area contributed by atoms with Crippen molar-refractivity contribution in [2.75, 3.05) is 5.32 Å². The Balaban J connectivity index is 2.02. The Kier molecular flexibility index (Phi) is 3.03. The fraction of sp³-hybridized carbons (Fsp3) is 0.111. The van der Waals surface area contributed by atoms with Gasteiger partial charge in [-0.15, -0.1) is 0 Å². The predicted molar refractivity (Wildman–Crippen MR) is 58.5 cm³/mol. The van der Waals surface area contributed by atoms with Crippen molar-refractivity contribution in [1.82, 2.24) is 4.98 Å². The molecule has 4 nitrogen and oxygen atoms in total. The third kappa shape index (κ3) is 2.37. The van der Waals surface area contributed by atoms with Gasteiger partial charge in [0.1, 0.15) is 10.6 Å². The smallest absolute Gasteiger partial charge is 0.185 e. The average molecular weight is 243 g/mol. The Morgan fingerprint density at radius 2 is 2.53 bits per heavy atom. The summed E-state index contributed by atoms with van der Waals surface area (Å²) in [6.07, 6.45) is 2.29. The van der Waals surface area contributed by atoms with Crippen LogP contribution < -0.4 is 5.32 Å². The molecule has 0 saturated heterocycles. The number of nitrogens with one attached hydrogen (secondary N) is 1. The number of rotatable bonds is 4. The summed E-state index contributed by atoms with van der Waals surface area (Å²) in [7, 11) is 0. The molecule has 78 valence electrons. The van der Waals surface area contributed by atoms with E-state index in [0.717, 1.165) is 5.76 Å². The van der Waals surface area contributed by atoms with Crippen LogP contribution in [0.25, 0.3) is 0 Å². The van der Waals surface area contributed by atoms with Crippen molar-refractivity contribution in [1.29, 1.82) is 0 Å². The molecule has 2 aromatic rings. The van der Waals surface area contributed by atoms with Crippen LogP contribution in [0.5, 0.6) is 0 Å². The average Bonchev–Trinajstić information content (AvgIpc) is 2.83. The van der Waals surface area contributed by atoms with E-state index in [1.54, 1.807) is 6.26 Å². The molecule has 0 spiro atoms. The first-order valence-electron chi connectivity index (χ1n) is 4.17. The first-order chi connectivity index (χ1) is 7.29. The van der Waals surface area contributed by atoms with Crippen LogP contribution >= 0.6 is 22.9 Å². The molecule has 0 radical (unpaired) electrons. The highest BCUT2D eigenvalue weighted by molar-refractivity contribution is 7.17. The zero-order chi connectivity index (χ0) is 10.7. The summed E-state index contributed by atoms with van der Waals surface area (Å²) in [4.78, 5) is 14.9. The number of furan rings is 1. The van der Waals surface area contributed by atoms with Crippen LogP contribution in [-0.2, 0) is 6.54 Å². The maximum absolute atomic E-state index is 10.5. The molecule has 0 aliphatic heterocycles. The number of thiazole rings is 1. The number of carbonyl (C=O) groups is 1. The van der Waals surface area contributed by atoms with Crippen LogP contribution in [0.4, 0.5) is 5.13 Å². The maximum atomic E-state index is 10.5. The van der Waals surface area contributed by atoms with Gasteiger partial charge in [0, 0.05) is 0 Å². The number of anilines is 1. The number of aldehydes is 1. The van der Waals surface area contributed by atoms with Gasteiger partial charge in [-0.05, 0) is 12.1 Å². The summed E-state index contributed by atoms with van der Waals surface area (Å²) < 4.78 is 5.13. The lowest BCUT2D eigenvalue weighted by Gasteiger charge is -1.97. The van der Waals surface area contributed by atoms with Gasteiger partial charge in [-0.25, -0.2) is 4.98 Å². The van der Waals surface area contributed by atoms with Gasteiger partial charge in [-0.1, -0.05) is 22.9 Å². The van der Waals surface area contributed by atoms with Crippen molar-refractivity contribution in [3.63, 3.8) is 0 Å². The zero-order valence-electron chi connectivity index (χ0n) is 7.57. The van der Waals surface area contributed by atoms with E-state index in [2.05, 4.69) is 10.3 Å². The lowest BCUT2D eigenvalue weighted by atomic mass is 10.4. The molecule has 0 aliphatic rings. The van der Waals surface area contributed by atoms with Crippen LogP contribution in [0, 0.1) is 0 Å². The normalized spacial score (nSPS) is 10.2. The van der Waals surface area contributed by atoms with Crippen molar-refractivity contribution in [3.8, 4) is 0 Å². The quantitative estimate of drug-likeness (QED) is 0.838. The molecule has 0 aromatic carbocycles. The minimum Gasteiger partial charge on any atom is -0.467 e. The van der Waals surface area contributed by atoms with Crippen LogP contribution in [0.15, 0.2) is 22.8 Å². The van der Waals surface area contributed by atoms with Gasteiger partial charge in [0.2, 0.25) is 0 Å². The van der Waals surface area contributed by atoms with Crippen molar-refractivity contribution in [3.05, 3.63) is 34.2 Å². The van der Waals surface area contributed by atoms with Gasteiger partial charge < -0.3 is 9.73 Å². The number of aromatic nitrogens is 1. The first kappa shape index (κ1) is 10.2. The monoisotopic (exact) mass is 242 g/mol. The van der Waals surface area contributed by atoms with Crippen molar-refractivity contribution in [2.24, 2.45) is 0 Å². The summed E-state index contributed by atoms with van der Waals surface area (Å²) in [6, 6.07) is 3.66. The molecule has 2 aromatic heterocycles. The van der Waals surface area contributed by atoms with Crippen molar-refractivity contribution in [2.45, 2.75) is 6.54 Å². The van der Waals surface area contributed by atoms with Gasteiger partial charge in [-0.3, -0.25) is 4.79 Å². The van der Waals surface area contributed by atoms with E-state index < -0.39 is 0 Å².